The van der Waals surface area contributed by atoms with Gasteiger partial charge in [0, 0.05) is 25.9 Å². The standard InChI is InChI=1S/C19H26N4O2/c1-19(2,3)14-6-8-15(9-7-14)23-18(24)16-12-22-17(13-21-16)20-10-5-11-25-4/h6-9,12-13H,5,10-11H2,1-4H3,(H,20,22)(H,23,24). The summed E-state index contributed by atoms with van der Waals surface area (Å²) in [4.78, 5) is 20.6. The topological polar surface area (TPSA) is 76.1 Å². The summed E-state index contributed by atoms with van der Waals surface area (Å²) in [6.45, 7) is 7.90. The summed E-state index contributed by atoms with van der Waals surface area (Å²) >= 11 is 0. The SMILES string of the molecule is COCCCNc1cnc(C(=O)Nc2ccc(C(C)(C)C)cc2)cn1. The summed E-state index contributed by atoms with van der Waals surface area (Å²) in [7, 11) is 1.67. The van der Waals surface area contributed by atoms with Crippen LogP contribution >= 0.6 is 0 Å². The molecule has 134 valence electrons. The minimum absolute atomic E-state index is 0.0834. The predicted molar refractivity (Wildman–Crippen MR) is 100 cm³/mol. The molecule has 0 saturated heterocycles. The third-order valence-corrected chi connectivity index (χ3v) is 3.72. The molecule has 6 heteroatoms. The van der Waals surface area contributed by atoms with E-state index in [4.69, 9.17) is 4.74 Å². The summed E-state index contributed by atoms with van der Waals surface area (Å²) < 4.78 is 4.98. The molecule has 0 aliphatic rings. The van der Waals surface area contributed by atoms with Gasteiger partial charge in [0.1, 0.15) is 11.5 Å². The maximum Gasteiger partial charge on any atom is 0.275 e. The molecule has 6 nitrogen and oxygen atoms in total. The number of aromatic nitrogens is 2. The Morgan fingerprint density at radius 2 is 1.84 bits per heavy atom. The summed E-state index contributed by atoms with van der Waals surface area (Å²) in [5.41, 5.74) is 2.32. The van der Waals surface area contributed by atoms with Crippen LogP contribution in [0.4, 0.5) is 11.5 Å². The van der Waals surface area contributed by atoms with Gasteiger partial charge in [0.2, 0.25) is 0 Å². The number of nitrogens with one attached hydrogen (secondary N) is 2. The number of anilines is 2. The van der Waals surface area contributed by atoms with E-state index < -0.39 is 0 Å². The maximum absolute atomic E-state index is 12.3. The molecule has 0 radical (unpaired) electrons. The molecule has 1 amide bonds. The van der Waals surface area contributed by atoms with Crippen LogP contribution in [0.3, 0.4) is 0 Å². The van der Waals surface area contributed by atoms with Crippen molar-refractivity contribution in [1.29, 1.82) is 0 Å². The highest BCUT2D eigenvalue weighted by Crippen LogP contribution is 2.23. The van der Waals surface area contributed by atoms with Crippen molar-refractivity contribution in [2.24, 2.45) is 0 Å². The predicted octanol–water partition coefficient (Wildman–Crippen LogP) is 3.47. The zero-order valence-electron chi connectivity index (χ0n) is 15.3. The number of amides is 1. The zero-order chi connectivity index (χ0) is 18.3. The Labute approximate surface area is 149 Å². The molecule has 0 bridgehead atoms. The van der Waals surface area contributed by atoms with E-state index in [-0.39, 0.29) is 17.0 Å². The molecule has 0 saturated carbocycles. The first-order chi connectivity index (χ1) is 11.9. The van der Waals surface area contributed by atoms with Gasteiger partial charge in [-0.05, 0) is 29.5 Å². The third kappa shape index (κ3) is 5.83. The minimum Gasteiger partial charge on any atom is -0.385 e. The number of hydrogen-bond donors (Lipinski definition) is 2. The first-order valence-electron chi connectivity index (χ1n) is 8.37. The molecule has 0 atom stereocenters. The van der Waals surface area contributed by atoms with E-state index in [1.165, 1.54) is 11.8 Å². The van der Waals surface area contributed by atoms with Crippen molar-refractivity contribution in [2.45, 2.75) is 32.6 Å². The van der Waals surface area contributed by atoms with Crippen molar-refractivity contribution in [2.75, 3.05) is 30.9 Å². The first kappa shape index (κ1) is 18.9. The lowest BCUT2D eigenvalue weighted by Crippen LogP contribution is -2.15. The Bertz CT molecular complexity index is 676. The average Bonchev–Trinajstić information content (AvgIpc) is 2.59. The van der Waals surface area contributed by atoms with Crippen LogP contribution in [-0.4, -0.2) is 36.1 Å². The molecule has 1 heterocycles. The maximum atomic E-state index is 12.3. The molecule has 1 aromatic heterocycles. The van der Waals surface area contributed by atoms with Crippen LogP contribution in [0.15, 0.2) is 36.7 Å². The number of ether oxygens (including phenoxy) is 1. The Morgan fingerprint density at radius 3 is 2.40 bits per heavy atom. The fraction of sp³-hybridized carbons (Fsp3) is 0.421. The second-order valence-electron chi connectivity index (χ2n) is 6.84. The van der Waals surface area contributed by atoms with E-state index in [1.54, 1.807) is 13.3 Å². The number of carbonyl (C=O) groups excluding carboxylic acids is 1. The number of rotatable bonds is 7. The molecule has 2 N–H and O–H groups in total. The number of hydrogen-bond acceptors (Lipinski definition) is 5. The van der Waals surface area contributed by atoms with Crippen molar-refractivity contribution in [1.82, 2.24) is 9.97 Å². The fourth-order valence-electron chi connectivity index (χ4n) is 2.22. The quantitative estimate of drug-likeness (QED) is 0.754. The van der Waals surface area contributed by atoms with Gasteiger partial charge >= 0.3 is 0 Å². The lowest BCUT2D eigenvalue weighted by Gasteiger charge is -2.19. The molecule has 0 spiro atoms. The Morgan fingerprint density at radius 1 is 1.12 bits per heavy atom. The van der Waals surface area contributed by atoms with E-state index in [2.05, 4.69) is 41.4 Å². The van der Waals surface area contributed by atoms with Gasteiger partial charge in [0.25, 0.3) is 5.91 Å². The Hall–Kier alpha value is -2.47. The van der Waals surface area contributed by atoms with Crippen molar-refractivity contribution in [3.8, 4) is 0 Å². The van der Waals surface area contributed by atoms with Gasteiger partial charge in [-0.25, -0.2) is 9.97 Å². The van der Waals surface area contributed by atoms with Gasteiger partial charge in [0.15, 0.2) is 0 Å². The summed E-state index contributed by atoms with van der Waals surface area (Å²) in [5, 5.41) is 5.97. The van der Waals surface area contributed by atoms with Crippen molar-refractivity contribution >= 4 is 17.4 Å². The van der Waals surface area contributed by atoms with Gasteiger partial charge in [-0.2, -0.15) is 0 Å². The summed E-state index contributed by atoms with van der Waals surface area (Å²) in [6.07, 6.45) is 3.91. The summed E-state index contributed by atoms with van der Waals surface area (Å²) in [5.74, 6) is 0.365. The lowest BCUT2D eigenvalue weighted by molar-refractivity contribution is 0.102. The van der Waals surface area contributed by atoms with Gasteiger partial charge < -0.3 is 15.4 Å². The molecule has 0 fully saturated rings. The number of carbonyl (C=O) groups is 1. The van der Waals surface area contributed by atoms with Crippen molar-refractivity contribution in [3.05, 3.63) is 47.9 Å². The van der Waals surface area contributed by atoms with Gasteiger partial charge in [-0.15, -0.1) is 0 Å². The molecular weight excluding hydrogens is 316 g/mol. The molecule has 2 aromatic rings. The van der Waals surface area contributed by atoms with Gasteiger partial charge in [-0.1, -0.05) is 32.9 Å². The smallest absolute Gasteiger partial charge is 0.275 e. The monoisotopic (exact) mass is 342 g/mol. The third-order valence-electron chi connectivity index (χ3n) is 3.72. The van der Waals surface area contributed by atoms with Crippen LogP contribution in [0.5, 0.6) is 0 Å². The highest BCUT2D eigenvalue weighted by Gasteiger charge is 2.14. The molecule has 0 unspecified atom stereocenters. The van der Waals surface area contributed by atoms with E-state index in [0.717, 1.165) is 18.7 Å². The van der Waals surface area contributed by atoms with Crippen LogP contribution in [-0.2, 0) is 10.2 Å². The Balaban J connectivity index is 1.92. The molecule has 0 aliphatic carbocycles. The normalized spacial score (nSPS) is 11.2. The molecule has 0 aliphatic heterocycles. The molecule has 1 aromatic carbocycles. The van der Waals surface area contributed by atoms with Crippen LogP contribution in [0.25, 0.3) is 0 Å². The van der Waals surface area contributed by atoms with E-state index in [9.17, 15) is 4.79 Å². The number of nitrogens with zero attached hydrogens (tertiary/aromatic N) is 2. The number of benzene rings is 1. The van der Waals surface area contributed by atoms with Crippen LogP contribution in [0, 0.1) is 0 Å². The van der Waals surface area contributed by atoms with Gasteiger partial charge in [0.05, 0.1) is 12.4 Å². The largest absolute Gasteiger partial charge is 0.385 e. The summed E-state index contributed by atoms with van der Waals surface area (Å²) in [6, 6.07) is 7.85. The minimum atomic E-state index is -0.276. The highest BCUT2D eigenvalue weighted by molar-refractivity contribution is 6.02. The molecule has 25 heavy (non-hydrogen) atoms. The van der Waals surface area contributed by atoms with Crippen molar-refractivity contribution < 1.29 is 9.53 Å². The fourth-order valence-corrected chi connectivity index (χ4v) is 2.22. The molecular formula is C19H26N4O2. The first-order valence-corrected chi connectivity index (χ1v) is 8.37. The van der Waals surface area contributed by atoms with Crippen molar-refractivity contribution in [3.63, 3.8) is 0 Å². The van der Waals surface area contributed by atoms with Crippen LogP contribution in [0.2, 0.25) is 0 Å². The second kappa shape index (κ2) is 8.58. The number of methoxy groups -OCH3 is 1. The molecule has 2 rings (SSSR count). The second-order valence-corrected chi connectivity index (χ2v) is 6.84. The lowest BCUT2D eigenvalue weighted by atomic mass is 9.87. The van der Waals surface area contributed by atoms with E-state index in [1.807, 2.05) is 24.3 Å². The van der Waals surface area contributed by atoms with Gasteiger partial charge in [-0.3, -0.25) is 4.79 Å². The average molecular weight is 342 g/mol. The highest BCUT2D eigenvalue weighted by atomic mass is 16.5. The van der Waals surface area contributed by atoms with E-state index in [0.29, 0.717) is 12.4 Å². The Kier molecular flexibility index (Phi) is 6.47. The van der Waals surface area contributed by atoms with Crippen LogP contribution in [0.1, 0.15) is 43.2 Å². The zero-order valence-corrected chi connectivity index (χ0v) is 15.3. The van der Waals surface area contributed by atoms with E-state index >= 15 is 0 Å². The van der Waals surface area contributed by atoms with Crippen LogP contribution < -0.4 is 10.6 Å².